The van der Waals surface area contributed by atoms with Gasteiger partial charge in [0.1, 0.15) is 17.8 Å². The van der Waals surface area contributed by atoms with Crippen LogP contribution in [-0.2, 0) is 6.54 Å². The van der Waals surface area contributed by atoms with Gasteiger partial charge in [-0.05, 0) is 31.4 Å². The summed E-state index contributed by atoms with van der Waals surface area (Å²) in [5.41, 5.74) is 2.57. The largest absolute Gasteiger partial charge is 0.359 e. The molecule has 25 heavy (non-hydrogen) atoms. The van der Waals surface area contributed by atoms with E-state index in [1.54, 1.807) is 6.33 Å². The highest BCUT2D eigenvalue weighted by Crippen LogP contribution is 2.35. The quantitative estimate of drug-likeness (QED) is 0.749. The average molecular weight is 335 g/mol. The van der Waals surface area contributed by atoms with Crippen LogP contribution in [0.25, 0.3) is 11.0 Å². The van der Waals surface area contributed by atoms with Gasteiger partial charge < -0.3 is 9.88 Å². The fraction of sp³-hybridized carbons (Fsp3) is 0.400. The molecule has 0 radical (unpaired) electrons. The zero-order valence-corrected chi connectivity index (χ0v) is 14.9. The van der Waals surface area contributed by atoms with Gasteiger partial charge in [-0.2, -0.15) is 0 Å². The summed E-state index contributed by atoms with van der Waals surface area (Å²) < 4.78 is 0. The van der Waals surface area contributed by atoms with E-state index in [1.807, 2.05) is 12.3 Å². The maximum absolute atomic E-state index is 4.49. The summed E-state index contributed by atoms with van der Waals surface area (Å²) in [4.78, 5) is 16.8. The molecule has 5 nitrogen and oxygen atoms in total. The molecule has 1 N–H and O–H groups in total. The second-order valence-corrected chi connectivity index (χ2v) is 7.26. The molecule has 0 bridgehead atoms. The zero-order chi connectivity index (χ0) is 17.3. The predicted molar refractivity (Wildman–Crippen MR) is 102 cm³/mol. The van der Waals surface area contributed by atoms with Crippen molar-refractivity contribution in [3.63, 3.8) is 0 Å². The fourth-order valence-corrected chi connectivity index (χ4v) is 3.69. The minimum absolute atomic E-state index is 0.272. The van der Waals surface area contributed by atoms with Crippen LogP contribution < -0.4 is 4.90 Å². The summed E-state index contributed by atoms with van der Waals surface area (Å²) in [6.45, 7) is 5.60. The third-order valence-corrected chi connectivity index (χ3v) is 5.58. The first-order chi connectivity index (χ1) is 12.2. The van der Waals surface area contributed by atoms with Crippen LogP contribution in [-0.4, -0.2) is 45.5 Å². The number of nitrogens with one attached hydrogen (secondary N) is 1. The second kappa shape index (κ2) is 6.48. The van der Waals surface area contributed by atoms with Gasteiger partial charge in [0.2, 0.25) is 0 Å². The minimum atomic E-state index is 0.272. The van der Waals surface area contributed by atoms with Gasteiger partial charge in [0, 0.05) is 38.4 Å². The molecule has 0 unspecified atom stereocenters. The third kappa shape index (κ3) is 3.12. The first-order valence-corrected chi connectivity index (χ1v) is 8.94. The van der Waals surface area contributed by atoms with Crippen LogP contribution >= 0.6 is 0 Å². The lowest BCUT2D eigenvalue weighted by atomic mass is 9.83. The van der Waals surface area contributed by atoms with Gasteiger partial charge in [-0.15, -0.1) is 0 Å². The van der Waals surface area contributed by atoms with Gasteiger partial charge >= 0.3 is 0 Å². The van der Waals surface area contributed by atoms with E-state index in [2.05, 4.69) is 69.1 Å². The lowest BCUT2D eigenvalue weighted by molar-refractivity contribution is -0.0122. The van der Waals surface area contributed by atoms with Crippen molar-refractivity contribution >= 4 is 16.9 Å². The van der Waals surface area contributed by atoms with Crippen LogP contribution in [0.15, 0.2) is 48.9 Å². The van der Waals surface area contributed by atoms with E-state index in [4.69, 9.17) is 0 Å². The molecule has 2 aromatic heterocycles. The molecule has 0 spiro atoms. The summed E-state index contributed by atoms with van der Waals surface area (Å²) in [6, 6.07) is 12.8. The van der Waals surface area contributed by atoms with Crippen LogP contribution in [0.1, 0.15) is 25.3 Å². The second-order valence-electron chi connectivity index (χ2n) is 7.26. The number of fused-ring (bicyclic) bond motifs is 1. The van der Waals surface area contributed by atoms with Gasteiger partial charge in [-0.25, -0.2) is 9.97 Å². The summed E-state index contributed by atoms with van der Waals surface area (Å²) in [5.74, 6) is 1.00. The molecule has 1 aliphatic heterocycles. The minimum Gasteiger partial charge on any atom is -0.359 e. The number of likely N-dealkylation sites (tertiary alicyclic amines) is 1. The molecular weight excluding hydrogens is 310 g/mol. The Balaban J connectivity index is 1.41. The first-order valence-electron chi connectivity index (χ1n) is 8.94. The molecule has 0 amide bonds. The number of hydrogen-bond acceptors (Lipinski definition) is 4. The van der Waals surface area contributed by atoms with Crippen molar-refractivity contribution in [2.24, 2.45) is 0 Å². The van der Waals surface area contributed by atoms with Crippen LogP contribution in [0, 0.1) is 0 Å². The Hall–Kier alpha value is -2.40. The Morgan fingerprint density at radius 1 is 1.20 bits per heavy atom. The van der Waals surface area contributed by atoms with Crippen LogP contribution in [0.4, 0.5) is 5.82 Å². The third-order valence-electron chi connectivity index (χ3n) is 5.58. The number of anilines is 1. The maximum Gasteiger partial charge on any atom is 0.142 e. The predicted octanol–water partition coefficient (Wildman–Crippen LogP) is 3.45. The van der Waals surface area contributed by atoms with E-state index in [9.17, 15) is 0 Å². The molecule has 4 rings (SSSR count). The molecule has 1 aromatic carbocycles. The number of benzene rings is 1. The maximum atomic E-state index is 4.49. The van der Waals surface area contributed by atoms with E-state index in [-0.39, 0.29) is 5.54 Å². The number of H-pyrrole nitrogens is 1. The first kappa shape index (κ1) is 16.1. The Morgan fingerprint density at radius 3 is 2.80 bits per heavy atom. The van der Waals surface area contributed by atoms with Crippen molar-refractivity contribution in [1.82, 2.24) is 19.9 Å². The number of aromatic amines is 1. The van der Waals surface area contributed by atoms with Crippen molar-refractivity contribution in [1.29, 1.82) is 0 Å². The number of aromatic nitrogens is 3. The Morgan fingerprint density at radius 2 is 2.04 bits per heavy atom. The molecule has 0 aliphatic carbocycles. The van der Waals surface area contributed by atoms with Crippen molar-refractivity contribution in [2.75, 3.05) is 25.0 Å². The zero-order valence-electron chi connectivity index (χ0n) is 14.9. The average Bonchev–Trinajstić information content (AvgIpc) is 3.12. The van der Waals surface area contributed by atoms with E-state index in [1.165, 1.54) is 18.5 Å². The Labute approximate surface area is 148 Å². The van der Waals surface area contributed by atoms with Crippen LogP contribution in [0.3, 0.4) is 0 Å². The molecule has 1 atom stereocenters. The van der Waals surface area contributed by atoms with Crippen molar-refractivity contribution in [2.45, 2.75) is 31.8 Å². The van der Waals surface area contributed by atoms with E-state index < -0.39 is 0 Å². The lowest BCUT2D eigenvalue weighted by Gasteiger charge is -2.51. The van der Waals surface area contributed by atoms with E-state index in [0.29, 0.717) is 0 Å². The summed E-state index contributed by atoms with van der Waals surface area (Å²) in [7, 11) is 2.12. The van der Waals surface area contributed by atoms with Gasteiger partial charge in [-0.1, -0.05) is 30.3 Å². The van der Waals surface area contributed by atoms with Crippen LogP contribution in [0.2, 0.25) is 0 Å². The topological polar surface area (TPSA) is 48.1 Å². The summed E-state index contributed by atoms with van der Waals surface area (Å²) in [6.07, 6.45) is 5.95. The number of hydrogen-bond donors (Lipinski definition) is 1. The highest BCUT2D eigenvalue weighted by atomic mass is 15.3. The van der Waals surface area contributed by atoms with Gasteiger partial charge in [0.05, 0.1) is 5.39 Å². The summed E-state index contributed by atoms with van der Waals surface area (Å²) >= 11 is 0. The van der Waals surface area contributed by atoms with Gasteiger partial charge in [0.25, 0.3) is 0 Å². The van der Waals surface area contributed by atoms with Crippen molar-refractivity contribution in [3.8, 4) is 0 Å². The normalized spacial score (nSPS) is 20.6. The molecule has 1 fully saturated rings. The molecule has 3 aromatic rings. The SMILES string of the molecule is CN(CC[C@]1(C)CCN1Cc1ccccc1)c1ncnc2[nH]ccc12. The molecule has 130 valence electrons. The monoisotopic (exact) mass is 335 g/mol. The fourth-order valence-electron chi connectivity index (χ4n) is 3.69. The smallest absolute Gasteiger partial charge is 0.142 e. The van der Waals surface area contributed by atoms with E-state index >= 15 is 0 Å². The highest BCUT2D eigenvalue weighted by molar-refractivity contribution is 5.87. The standard InChI is InChI=1S/C20H25N5/c1-20(10-13-25(20)14-16-6-4-3-5-7-16)9-12-24(2)19-17-8-11-21-18(17)22-15-23-19/h3-8,11,15H,9-10,12-14H2,1-2H3,(H,21,22,23)/t20-/m1/s1. The molecule has 0 saturated carbocycles. The Kier molecular flexibility index (Phi) is 4.17. The summed E-state index contributed by atoms with van der Waals surface area (Å²) in [5, 5.41) is 1.09. The van der Waals surface area contributed by atoms with Gasteiger partial charge in [-0.3, -0.25) is 4.90 Å². The Bertz CT molecular complexity index is 843. The van der Waals surface area contributed by atoms with Gasteiger partial charge in [0.15, 0.2) is 0 Å². The number of rotatable bonds is 6. The molecule has 1 saturated heterocycles. The van der Waals surface area contributed by atoms with Crippen LogP contribution in [0.5, 0.6) is 0 Å². The highest BCUT2D eigenvalue weighted by Gasteiger charge is 2.39. The number of nitrogens with zero attached hydrogens (tertiary/aromatic N) is 4. The van der Waals surface area contributed by atoms with E-state index in [0.717, 1.165) is 36.4 Å². The van der Waals surface area contributed by atoms with Crippen molar-refractivity contribution in [3.05, 3.63) is 54.5 Å². The molecular formula is C20H25N5. The lowest BCUT2D eigenvalue weighted by Crippen LogP contribution is -2.58. The molecule has 3 heterocycles. The molecule has 1 aliphatic rings. The van der Waals surface area contributed by atoms with Crippen molar-refractivity contribution < 1.29 is 0 Å². The molecule has 5 heteroatoms.